The molecule has 0 bridgehead atoms. The summed E-state index contributed by atoms with van der Waals surface area (Å²) in [6.45, 7) is 6.94. The molecular weight excluding hydrogens is 367 g/mol. The summed E-state index contributed by atoms with van der Waals surface area (Å²) in [4.78, 5) is 0. The van der Waals surface area contributed by atoms with E-state index in [4.69, 9.17) is 11.6 Å². The third-order valence-corrected chi connectivity index (χ3v) is 13.0. The van der Waals surface area contributed by atoms with Crippen molar-refractivity contribution in [2.45, 2.75) is 136 Å². The molecule has 0 spiro atoms. The van der Waals surface area contributed by atoms with Crippen molar-refractivity contribution in [3.05, 3.63) is 0 Å². The van der Waals surface area contributed by atoms with E-state index in [0.29, 0.717) is 0 Å². The van der Waals surface area contributed by atoms with E-state index in [9.17, 15) is 0 Å². The Balaban J connectivity index is 4.23. The minimum absolute atomic E-state index is 1.03. The van der Waals surface area contributed by atoms with Crippen molar-refractivity contribution in [3.63, 3.8) is 0 Å². The van der Waals surface area contributed by atoms with E-state index < -0.39 is 7.26 Å². The molecule has 0 atom stereocenters. The van der Waals surface area contributed by atoms with Gasteiger partial charge in [-0.05, 0) is 0 Å². The second-order valence-electron chi connectivity index (χ2n) is 9.19. The predicted molar refractivity (Wildman–Crippen MR) is 134 cm³/mol. The Morgan fingerprint density at radius 1 is 0.407 bits per heavy atom. The van der Waals surface area contributed by atoms with Gasteiger partial charge in [-0.25, -0.2) is 0 Å². The molecule has 0 rings (SSSR count). The number of rotatable bonds is 22. The summed E-state index contributed by atoms with van der Waals surface area (Å²) in [7, 11) is -1.21. The van der Waals surface area contributed by atoms with Crippen LogP contribution in [-0.2, 0) is 0 Å². The molecule has 0 heterocycles. The monoisotopic (exact) mass is 420 g/mol. The van der Waals surface area contributed by atoms with Gasteiger partial charge in [0.15, 0.2) is 0 Å². The minimum atomic E-state index is -1.21. The van der Waals surface area contributed by atoms with Gasteiger partial charge >= 0.3 is 179 Å². The molecule has 0 saturated carbocycles. The molecule has 0 aliphatic heterocycles. The summed E-state index contributed by atoms with van der Waals surface area (Å²) in [5, 5.41) is 0. The second kappa shape index (κ2) is 21.4. The van der Waals surface area contributed by atoms with E-state index in [-0.39, 0.29) is 0 Å². The first-order valence-electron chi connectivity index (χ1n) is 12.8. The topological polar surface area (TPSA) is 0 Å². The van der Waals surface area contributed by atoms with Crippen LogP contribution in [0.2, 0.25) is 0 Å². The summed E-state index contributed by atoms with van der Waals surface area (Å²) in [5.41, 5.74) is 1.03. The van der Waals surface area contributed by atoms with E-state index in [1.165, 1.54) is 134 Å². The number of halogens is 1. The Morgan fingerprint density at radius 3 is 0.926 bits per heavy atom. The Labute approximate surface area is 179 Å². The molecule has 0 amide bonds. The molecule has 0 aromatic heterocycles. The summed E-state index contributed by atoms with van der Waals surface area (Å²) >= 11 is 6.67. The van der Waals surface area contributed by atoms with Gasteiger partial charge in [0.2, 0.25) is 0 Å². The molecule has 0 N–H and O–H groups in total. The number of alkyl halides is 1. The molecule has 166 valence electrons. The van der Waals surface area contributed by atoms with Gasteiger partial charge in [0.25, 0.3) is 0 Å². The van der Waals surface area contributed by atoms with Gasteiger partial charge < -0.3 is 0 Å². The fraction of sp³-hybridized carbons (Fsp3) is 1.00. The van der Waals surface area contributed by atoms with Crippen LogP contribution in [0.15, 0.2) is 0 Å². The molecule has 0 aliphatic rings. The molecule has 2 heteroatoms. The molecule has 0 saturated heterocycles. The van der Waals surface area contributed by atoms with Crippen LogP contribution in [-0.4, -0.2) is 24.1 Å². The Hall–Kier alpha value is 0.720. The third kappa shape index (κ3) is 17.3. The van der Waals surface area contributed by atoms with Crippen molar-refractivity contribution in [2.75, 3.05) is 24.1 Å². The average molecular weight is 421 g/mol. The molecule has 0 fully saturated rings. The van der Waals surface area contributed by atoms with Crippen LogP contribution in [0.4, 0.5) is 0 Å². The average Bonchev–Trinajstić information content (AvgIpc) is 2.69. The molecule has 27 heavy (non-hydrogen) atoms. The summed E-state index contributed by atoms with van der Waals surface area (Å²) in [6.07, 6.45) is 30.4. The third-order valence-electron chi connectivity index (χ3n) is 6.47. The van der Waals surface area contributed by atoms with E-state index in [0.717, 1.165) is 5.62 Å². The number of hydrogen-bond donors (Lipinski definition) is 0. The Bertz CT molecular complexity index is 239. The normalized spacial score (nSPS) is 12.6. The van der Waals surface area contributed by atoms with Crippen LogP contribution in [0, 0.1) is 0 Å². The van der Waals surface area contributed by atoms with Crippen LogP contribution in [0.25, 0.3) is 0 Å². The zero-order valence-electron chi connectivity index (χ0n) is 19.4. The van der Waals surface area contributed by atoms with Gasteiger partial charge in [0.05, 0.1) is 0 Å². The van der Waals surface area contributed by atoms with Gasteiger partial charge in [0.1, 0.15) is 0 Å². The van der Waals surface area contributed by atoms with Gasteiger partial charge in [-0.1, -0.05) is 0 Å². The molecule has 0 aliphatic carbocycles. The van der Waals surface area contributed by atoms with Crippen molar-refractivity contribution in [3.8, 4) is 0 Å². The molecular formula is C25H54ClP. The van der Waals surface area contributed by atoms with E-state index in [1.54, 1.807) is 0 Å². The number of unbranched alkanes of at least 4 members (excludes halogenated alkanes) is 15. The van der Waals surface area contributed by atoms with Crippen molar-refractivity contribution in [1.82, 2.24) is 0 Å². The van der Waals surface area contributed by atoms with Crippen LogP contribution in [0.5, 0.6) is 0 Å². The summed E-state index contributed by atoms with van der Waals surface area (Å²) < 4.78 is 0. The number of hydrogen-bond acceptors (Lipinski definition) is 0. The van der Waals surface area contributed by atoms with Crippen molar-refractivity contribution in [1.29, 1.82) is 0 Å². The van der Waals surface area contributed by atoms with Crippen molar-refractivity contribution in [2.24, 2.45) is 0 Å². The first-order chi connectivity index (χ1) is 13.2. The molecule has 0 aromatic rings. The van der Waals surface area contributed by atoms with Crippen LogP contribution < -0.4 is 0 Å². The second-order valence-corrected chi connectivity index (χ2v) is 14.8. The first kappa shape index (κ1) is 27.7. The van der Waals surface area contributed by atoms with Gasteiger partial charge in [-0.3, -0.25) is 0 Å². The maximum atomic E-state index is 6.67. The fourth-order valence-corrected chi connectivity index (χ4v) is 9.77. The zero-order chi connectivity index (χ0) is 20.1. The van der Waals surface area contributed by atoms with E-state index in [2.05, 4.69) is 20.8 Å². The molecule has 0 radical (unpaired) electrons. The summed E-state index contributed by atoms with van der Waals surface area (Å²) in [6, 6.07) is 0. The van der Waals surface area contributed by atoms with Gasteiger partial charge in [-0.15, -0.1) is 0 Å². The van der Waals surface area contributed by atoms with E-state index in [1.807, 2.05) is 0 Å². The zero-order valence-corrected chi connectivity index (χ0v) is 21.2. The fourth-order valence-electron chi connectivity index (χ4n) is 4.42. The van der Waals surface area contributed by atoms with Gasteiger partial charge in [-0.2, -0.15) is 0 Å². The van der Waals surface area contributed by atoms with Crippen molar-refractivity contribution >= 4 is 18.9 Å². The van der Waals surface area contributed by atoms with Crippen LogP contribution >= 0.6 is 18.9 Å². The maximum absolute atomic E-state index is 6.67. The first-order valence-corrected chi connectivity index (χ1v) is 16.2. The predicted octanol–water partition coefficient (Wildman–Crippen LogP) is 10.0. The van der Waals surface area contributed by atoms with Crippen LogP contribution in [0.3, 0.4) is 0 Å². The molecule has 0 aromatic carbocycles. The van der Waals surface area contributed by atoms with Crippen LogP contribution in [0.1, 0.15) is 136 Å². The standard InChI is InChI=1S/C25H54ClP/c1-4-7-10-13-16-19-22-27(25-26,23-20-17-14-11-8-5-2)24-21-18-15-12-9-6-3/h27H,4-25H2,1-3H3. The molecule has 0 unspecified atom stereocenters. The molecule has 0 nitrogen and oxygen atoms in total. The summed E-state index contributed by atoms with van der Waals surface area (Å²) in [5.74, 6) is 0. The Kier molecular flexibility index (Phi) is 22.0. The van der Waals surface area contributed by atoms with E-state index >= 15 is 0 Å². The quantitative estimate of drug-likeness (QED) is 0.0927. The van der Waals surface area contributed by atoms with Gasteiger partial charge in [0, 0.05) is 0 Å². The van der Waals surface area contributed by atoms with Crippen molar-refractivity contribution < 1.29 is 0 Å². The SMILES string of the molecule is CCCCCCCC[PH](CCl)(CCCCCCCC)CCCCCCCC. The Morgan fingerprint density at radius 2 is 0.667 bits per heavy atom.